The van der Waals surface area contributed by atoms with Crippen molar-refractivity contribution in [3.05, 3.63) is 60.5 Å². The van der Waals surface area contributed by atoms with Crippen LogP contribution in [0, 0.1) is 0 Å². The summed E-state index contributed by atoms with van der Waals surface area (Å²) in [6, 6.07) is 13.8. The number of carbonyl (C=O) groups is 1. The van der Waals surface area contributed by atoms with Crippen LogP contribution in [0.15, 0.2) is 59.2 Å². The van der Waals surface area contributed by atoms with Gasteiger partial charge in [0.15, 0.2) is 5.76 Å². The molecule has 0 atom stereocenters. The average molecular weight is 265 g/mol. The zero-order chi connectivity index (χ0) is 14.1. The largest absolute Gasteiger partial charge is 0.453 e. The Balaban J connectivity index is 2.11. The third kappa shape index (κ3) is 2.18. The third-order valence-electron chi connectivity index (χ3n) is 3.19. The van der Waals surface area contributed by atoms with Gasteiger partial charge in [0.25, 0.3) is 0 Å². The van der Waals surface area contributed by atoms with Gasteiger partial charge in [0, 0.05) is 31.8 Å². The van der Waals surface area contributed by atoms with Crippen LogP contribution in [0.1, 0.15) is 10.6 Å². The fourth-order valence-corrected chi connectivity index (χ4v) is 2.21. The Kier molecular flexibility index (Phi) is 3.03. The van der Waals surface area contributed by atoms with Crippen LogP contribution in [-0.2, 0) is 0 Å². The first-order chi connectivity index (χ1) is 9.65. The van der Waals surface area contributed by atoms with Crippen LogP contribution < -0.4 is 0 Å². The Morgan fingerprint density at radius 2 is 1.90 bits per heavy atom. The number of hydrogen-bond acceptors (Lipinski definition) is 3. The standard InChI is InChI=1S/C17H15NO2/c1-18(2)10-9-15(19)17-11-14-13-6-4-3-5-12(13)7-8-16(14)20-17/h3-11H,1-2H3/b10-9+. The highest BCUT2D eigenvalue weighted by atomic mass is 16.3. The van der Waals surface area contributed by atoms with Crippen molar-refractivity contribution in [3.8, 4) is 0 Å². The van der Waals surface area contributed by atoms with Crippen molar-refractivity contribution >= 4 is 27.5 Å². The molecule has 20 heavy (non-hydrogen) atoms. The fraction of sp³-hybridized carbons (Fsp3) is 0.118. The molecule has 3 heteroatoms. The third-order valence-corrected chi connectivity index (χ3v) is 3.19. The van der Waals surface area contributed by atoms with Gasteiger partial charge in [-0.2, -0.15) is 0 Å². The van der Waals surface area contributed by atoms with Gasteiger partial charge in [0.1, 0.15) is 5.58 Å². The molecule has 0 radical (unpaired) electrons. The van der Waals surface area contributed by atoms with Gasteiger partial charge < -0.3 is 9.32 Å². The van der Waals surface area contributed by atoms with Crippen molar-refractivity contribution in [1.29, 1.82) is 0 Å². The SMILES string of the molecule is CN(C)/C=C/C(=O)c1cc2c(ccc3ccccc32)o1. The molecule has 3 nitrogen and oxygen atoms in total. The van der Waals surface area contributed by atoms with Crippen molar-refractivity contribution in [2.45, 2.75) is 0 Å². The Labute approximate surface area is 117 Å². The number of ketones is 1. The molecule has 100 valence electrons. The number of furan rings is 1. The van der Waals surface area contributed by atoms with Crippen LogP contribution in [0.4, 0.5) is 0 Å². The highest BCUT2D eigenvalue weighted by Gasteiger charge is 2.11. The van der Waals surface area contributed by atoms with E-state index in [1.54, 1.807) is 6.20 Å². The molecule has 0 spiro atoms. The second kappa shape index (κ2) is 4.85. The molecule has 3 aromatic rings. The van der Waals surface area contributed by atoms with Gasteiger partial charge in [-0.15, -0.1) is 0 Å². The van der Waals surface area contributed by atoms with Crippen LogP contribution in [0.2, 0.25) is 0 Å². The van der Waals surface area contributed by atoms with Gasteiger partial charge in [-0.3, -0.25) is 4.79 Å². The number of nitrogens with zero attached hydrogens (tertiary/aromatic N) is 1. The minimum atomic E-state index is -0.126. The van der Waals surface area contributed by atoms with E-state index in [-0.39, 0.29) is 5.78 Å². The summed E-state index contributed by atoms with van der Waals surface area (Å²) in [5.41, 5.74) is 0.741. The second-order valence-corrected chi connectivity index (χ2v) is 4.95. The summed E-state index contributed by atoms with van der Waals surface area (Å²) < 4.78 is 5.65. The molecule has 0 aliphatic carbocycles. The summed E-state index contributed by atoms with van der Waals surface area (Å²) in [5, 5.41) is 3.22. The fourth-order valence-electron chi connectivity index (χ4n) is 2.21. The van der Waals surface area contributed by atoms with Crippen LogP contribution in [-0.4, -0.2) is 24.8 Å². The van der Waals surface area contributed by atoms with E-state index in [0.717, 1.165) is 21.7 Å². The summed E-state index contributed by atoms with van der Waals surface area (Å²) in [7, 11) is 3.74. The lowest BCUT2D eigenvalue weighted by Crippen LogP contribution is -2.02. The maximum atomic E-state index is 12.0. The van der Waals surface area contributed by atoms with Crippen LogP contribution in [0.5, 0.6) is 0 Å². The minimum absolute atomic E-state index is 0.126. The lowest BCUT2D eigenvalue weighted by molar-refractivity contribution is 0.102. The Hall–Kier alpha value is -2.55. The lowest BCUT2D eigenvalue weighted by atomic mass is 10.1. The number of allylic oxidation sites excluding steroid dienone is 1. The Morgan fingerprint density at radius 1 is 1.10 bits per heavy atom. The van der Waals surface area contributed by atoms with E-state index in [9.17, 15) is 4.79 Å². The van der Waals surface area contributed by atoms with Gasteiger partial charge in [0.2, 0.25) is 5.78 Å². The normalized spacial score (nSPS) is 11.5. The highest BCUT2D eigenvalue weighted by Crippen LogP contribution is 2.28. The van der Waals surface area contributed by atoms with Crippen molar-refractivity contribution in [2.24, 2.45) is 0 Å². The zero-order valence-electron chi connectivity index (χ0n) is 11.5. The smallest absolute Gasteiger partial charge is 0.222 e. The zero-order valence-corrected chi connectivity index (χ0v) is 11.5. The molecule has 1 aromatic heterocycles. The van der Waals surface area contributed by atoms with Gasteiger partial charge in [0.05, 0.1) is 0 Å². The quantitative estimate of drug-likeness (QED) is 0.533. The summed E-state index contributed by atoms with van der Waals surface area (Å²) in [6.45, 7) is 0. The summed E-state index contributed by atoms with van der Waals surface area (Å²) in [5.74, 6) is 0.244. The van der Waals surface area contributed by atoms with Crippen LogP contribution >= 0.6 is 0 Å². The maximum Gasteiger partial charge on any atom is 0.222 e. The number of rotatable bonds is 3. The van der Waals surface area contributed by atoms with Crippen molar-refractivity contribution in [2.75, 3.05) is 14.1 Å². The molecule has 0 saturated carbocycles. The van der Waals surface area contributed by atoms with E-state index in [1.807, 2.05) is 55.4 Å². The molecule has 1 heterocycles. The second-order valence-electron chi connectivity index (χ2n) is 4.95. The molecule has 3 rings (SSSR count). The Bertz CT molecular complexity index is 812. The van der Waals surface area contributed by atoms with Crippen LogP contribution in [0.3, 0.4) is 0 Å². The van der Waals surface area contributed by atoms with Gasteiger partial charge in [-0.1, -0.05) is 30.3 Å². The number of benzene rings is 2. The first kappa shape index (κ1) is 12.5. The first-order valence-corrected chi connectivity index (χ1v) is 6.45. The van der Waals surface area contributed by atoms with Gasteiger partial charge >= 0.3 is 0 Å². The minimum Gasteiger partial charge on any atom is -0.453 e. The summed E-state index contributed by atoms with van der Waals surface area (Å²) in [6.07, 6.45) is 3.23. The van der Waals surface area contributed by atoms with E-state index in [0.29, 0.717) is 5.76 Å². The lowest BCUT2D eigenvalue weighted by Gasteiger charge is -2.01. The molecule has 0 unspecified atom stereocenters. The van der Waals surface area contributed by atoms with E-state index in [4.69, 9.17) is 4.42 Å². The number of carbonyl (C=O) groups excluding carboxylic acids is 1. The summed E-state index contributed by atoms with van der Waals surface area (Å²) >= 11 is 0. The van der Waals surface area contributed by atoms with Crippen molar-refractivity contribution in [3.63, 3.8) is 0 Å². The highest BCUT2D eigenvalue weighted by molar-refractivity contribution is 6.10. The average Bonchev–Trinajstić information content (AvgIpc) is 2.89. The first-order valence-electron chi connectivity index (χ1n) is 6.45. The predicted octanol–water partition coefficient (Wildman–Crippen LogP) is 3.84. The molecule has 0 N–H and O–H groups in total. The van der Waals surface area contributed by atoms with E-state index in [1.165, 1.54) is 6.08 Å². The molecule has 0 bridgehead atoms. The topological polar surface area (TPSA) is 33.5 Å². The van der Waals surface area contributed by atoms with Crippen LogP contribution in [0.25, 0.3) is 21.7 Å². The molecule has 0 aliphatic rings. The maximum absolute atomic E-state index is 12.0. The predicted molar refractivity (Wildman–Crippen MR) is 80.9 cm³/mol. The molecule has 0 aliphatic heterocycles. The van der Waals surface area contributed by atoms with Crippen molar-refractivity contribution < 1.29 is 9.21 Å². The number of fused-ring (bicyclic) bond motifs is 3. The molecule has 0 amide bonds. The van der Waals surface area contributed by atoms with E-state index >= 15 is 0 Å². The van der Waals surface area contributed by atoms with Gasteiger partial charge in [-0.05, 0) is 22.9 Å². The van der Waals surface area contributed by atoms with E-state index in [2.05, 4.69) is 6.07 Å². The molecule has 0 saturated heterocycles. The van der Waals surface area contributed by atoms with Gasteiger partial charge in [-0.25, -0.2) is 0 Å². The number of hydrogen-bond donors (Lipinski definition) is 0. The van der Waals surface area contributed by atoms with Crippen molar-refractivity contribution in [1.82, 2.24) is 4.90 Å². The summed E-state index contributed by atoms with van der Waals surface area (Å²) in [4.78, 5) is 13.9. The Morgan fingerprint density at radius 3 is 2.70 bits per heavy atom. The molecular formula is C17H15NO2. The molecule has 0 fully saturated rings. The van der Waals surface area contributed by atoms with E-state index < -0.39 is 0 Å². The molecule has 2 aromatic carbocycles. The monoisotopic (exact) mass is 265 g/mol. The molecular weight excluding hydrogens is 250 g/mol.